The summed E-state index contributed by atoms with van der Waals surface area (Å²) in [6, 6.07) is 0. The number of aliphatic hydroxyl groups is 1. The Morgan fingerprint density at radius 3 is 2.94 bits per heavy atom. The Labute approximate surface area is 109 Å². The molecule has 94 valence electrons. The number of rotatable bonds is 2. The zero-order valence-corrected chi connectivity index (χ0v) is 11.6. The van der Waals surface area contributed by atoms with Crippen LogP contribution in [0.5, 0.6) is 0 Å². The van der Waals surface area contributed by atoms with E-state index in [1.165, 1.54) is 0 Å². The van der Waals surface area contributed by atoms with Gasteiger partial charge in [0.05, 0.1) is 5.57 Å². The summed E-state index contributed by atoms with van der Waals surface area (Å²) in [6.45, 7) is 3.65. The Morgan fingerprint density at radius 1 is 1.71 bits per heavy atom. The number of carbonyl (C=O) groups is 1. The van der Waals surface area contributed by atoms with Gasteiger partial charge in [0.2, 0.25) is 6.35 Å². The van der Waals surface area contributed by atoms with Gasteiger partial charge in [0, 0.05) is 13.5 Å². The van der Waals surface area contributed by atoms with E-state index < -0.39 is 6.35 Å². The molecule has 0 aliphatic carbocycles. The van der Waals surface area contributed by atoms with Gasteiger partial charge in [-0.05, 0) is 6.92 Å². The van der Waals surface area contributed by atoms with Crippen LogP contribution in [-0.2, 0) is 4.79 Å². The van der Waals surface area contributed by atoms with Crippen molar-refractivity contribution in [2.45, 2.75) is 31.6 Å². The van der Waals surface area contributed by atoms with E-state index in [2.05, 4.69) is 38.4 Å². The summed E-state index contributed by atoms with van der Waals surface area (Å²) < 4.78 is 0. The standard InChI is InChI=1S/C11H16BrN3O2/c1-4-5-6-8(12)13-9-7(2)10(16)14-11(17)15(9)3/h8,11,13,17H,4H2,1-3H3,(H,14,16)/t8-,11-/m0/s1. The Morgan fingerprint density at radius 2 is 2.35 bits per heavy atom. The van der Waals surface area contributed by atoms with Crippen LogP contribution < -0.4 is 10.6 Å². The van der Waals surface area contributed by atoms with Crippen LogP contribution in [-0.4, -0.2) is 34.3 Å². The number of nitrogens with zero attached hydrogens (tertiary/aromatic N) is 1. The zero-order chi connectivity index (χ0) is 13.0. The highest BCUT2D eigenvalue weighted by Gasteiger charge is 2.27. The van der Waals surface area contributed by atoms with Crippen LogP contribution in [0.4, 0.5) is 0 Å². The lowest BCUT2D eigenvalue weighted by atomic mass is 10.2. The molecule has 0 aromatic rings. The van der Waals surface area contributed by atoms with Crippen molar-refractivity contribution in [3.8, 4) is 11.8 Å². The van der Waals surface area contributed by atoms with Crippen LogP contribution in [0.2, 0.25) is 0 Å². The van der Waals surface area contributed by atoms with Crippen LogP contribution in [0.25, 0.3) is 0 Å². The summed E-state index contributed by atoms with van der Waals surface area (Å²) in [5.74, 6) is 6.13. The van der Waals surface area contributed by atoms with E-state index in [4.69, 9.17) is 0 Å². The minimum atomic E-state index is -1.02. The number of alkyl halides is 1. The molecular weight excluding hydrogens is 286 g/mol. The van der Waals surface area contributed by atoms with Gasteiger partial charge in [-0.15, -0.1) is 5.92 Å². The van der Waals surface area contributed by atoms with Gasteiger partial charge in [0.1, 0.15) is 10.8 Å². The maximum atomic E-state index is 11.5. The molecule has 5 nitrogen and oxygen atoms in total. The highest BCUT2D eigenvalue weighted by Crippen LogP contribution is 2.14. The largest absolute Gasteiger partial charge is 0.356 e. The fraction of sp³-hybridized carbons (Fsp3) is 0.545. The van der Waals surface area contributed by atoms with Crippen LogP contribution in [0.3, 0.4) is 0 Å². The van der Waals surface area contributed by atoms with Crippen molar-refractivity contribution in [2.75, 3.05) is 7.05 Å². The Bertz CT molecular complexity index is 397. The summed E-state index contributed by atoms with van der Waals surface area (Å²) in [7, 11) is 1.68. The number of amides is 1. The van der Waals surface area contributed by atoms with E-state index in [-0.39, 0.29) is 10.9 Å². The first-order chi connectivity index (χ1) is 7.97. The van der Waals surface area contributed by atoms with Crippen molar-refractivity contribution in [1.29, 1.82) is 0 Å². The molecule has 0 fully saturated rings. The monoisotopic (exact) mass is 301 g/mol. The third kappa shape index (κ3) is 3.38. The maximum absolute atomic E-state index is 11.5. The first-order valence-electron chi connectivity index (χ1n) is 5.29. The van der Waals surface area contributed by atoms with Crippen molar-refractivity contribution < 1.29 is 9.90 Å². The van der Waals surface area contributed by atoms with Crippen molar-refractivity contribution in [3.05, 3.63) is 11.4 Å². The molecule has 0 bridgehead atoms. The first kappa shape index (κ1) is 13.9. The molecule has 1 aliphatic rings. The third-order valence-corrected chi connectivity index (χ3v) is 2.80. The van der Waals surface area contributed by atoms with Gasteiger partial charge in [0.25, 0.3) is 5.91 Å². The molecule has 1 heterocycles. The van der Waals surface area contributed by atoms with E-state index >= 15 is 0 Å². The second kappa shape index (κ2) is 5.94. The number of hydrogen-bond acceptors (Lipinski definition) is 4. The van der Waals surface area contributed by atoms with Gasteiger partial charge in [-0.25, -0.2) is 0 Å². The van der Waals surface area contributed by atoms with Gasteiger partial charge in [0.15, 0.2) is 0 Å². The molecule has 0 unspecified atom stereocenters. The molecule has 3 N–H and O–H groups in total. The van der Waals surface area contributed by atoms with Crippen LogP contribution in [0.15, 0.2) is 11.4 Å². The SMILES string of the molecule is CCC#C[C@@H](Br)NC1=C(C)C(=O)N[C@H](O)N1C. The van der Waals surface area contributed by atoms with Gasteiger partial charge in [-0.2, -0.15) is 0 Å². The number of nitrogens with one attached hydrogen (secondary N) is 2. The van der Waals surface area contributed by atoms with Gasteiger partial charge in [-0.3, -0.25) is 4.79 Å². The lowest BCUT2D eigenvalue weighted by Gasteiger charge is -2.34. The van der Waals surface area contributed by atoms with E-state index in [0.717, 1.165) is 6.42 Å². The predicted molar refractivity (Wildman–Crippen MR) is 68.5 cm³/mol. The van der Waals surface area contributed by atoms with E-state index in [1.807, 2.05) is 6.92 Å². The minimum absolute atomic E-state index is 0.257. The van der Waals surface area contributed by atoms with Gasteiger partial charge < -0.3 is 20.6 Å². The number of halogens is 1. The minimum Gasteiger partial charge on any atom is -0.356 e. The fourth-order valence-electron chi connectivity index (χ4n) is 1.37. The molecule has 1 rings (SSSR count). The second-order valence-corrected chi connectivity index (χ2v) is 4.53. The Balaban J connectivity index is 2.86. The molecule has 17 heavy (non-hydrogen) atoms. The molecule has 0 aromatic carbocycles. The zero-order valence-electron chi connectivity index (χ0n) is 10.0. The third-order valence-electron chi connectivity index (χ3n) is 2.34. The predicted octanol–water partition coefficient (Wildman–Crippen LogP) is 0.279. The lowest BCUT2D eigenvalue weighted by Crippen LogP contribution is -2.54. The number of carbonyl (C=O) groups excluding carboxylic acids is 1. The second-order valence-electron chi connectivity index (χ2n) is 3.61. The molecule has 0 aromatic heterocycles. The van der Waals surface area contributed by atoms with E-state index in [9.17, 15) is 9.90 Å². The highest BCUT2D eigenvalue weighted by molar-refractivity contribution is 9.09. The summed E-state index contributed by atoms with van der Waals surface area (Å²) in [5.41, 5.74) is 0.514. The number of hydrogen-bond donors (Lipinski definition) is 3. The molecule has 1 aliphatic heterocycles. The van der Waals surface area contributed by atoms with Gasteiger partial charge >= 0.3 is 0 Å². The van der Waals surface area contributed by atoms with Gasteiger partial charge in [-0.1, -0.05) is 28.8 Å². The lowest BCUT2D eigenvalue weighted by molar-refractivity contribution is -0.126. The molecule has 0 radical (unpaired) electrons. The summed E-state index contributed by atoms with van der Waals surface area (Å²) in [4.78, 5) is 12.8. The normalized spacial score (nSPS) is 21.6. The molecule has 0 saturated carbocycles. The van der Waals surface area contributed by atoms with Crippen LogP contribution in [0.1, 0.15) is 20.3 Å². The highest BCUT2D eigenvalue weighted by atomic mass is 79.9. The quantitative estimate of drug-likeness (QED) is 0.389. The van der Waals surface area contributed by atoms with Crippen LogP contribution in [0, 0.1) is 11.8 Å². The molecule has 0 spiro atoms. The maximum Gasteiger partial charge on any atom is 0.253 e. The summed E-state index contributed by atoms with van der Waals surface area (Å²) >= 11 is 3.35. The first-order valence-corrected chi connectivity index (χ1v) is 6.20. The average molecular weight is 302 g/mol. The molecule has 0 saturated heterocycles. The van der Waals surface area contributed by atoms with E-state index in [1.54, 1.807) is 18.9 Å². The average Bonchev–Trinajstić information content (AvgIpc) is 2.29. The smallest absolute Gasteiger partial charge is 0.253 e. The van der Waals surface area contributed by atoms with Crippen molar-refractivity contribution in [2.24, 2.45) is 0 Å². The summed E-state index contributed by atoms with van der Waals surface area (Å²) in [6.07, 6.45) is -0.256. The van der Waals surface area contributed by atoms with Crippen molar-refractivity contribution >= 4 is 21.8 Å². The number of aliphatic hydroxyl groups excluding tert-OH is 1. The molecular formula is C11H16BrN3O2. The Hall–Kier alpha value is -1.19. The van der Waals surface area contributed by atoms with Crippen LogP contribution >= 0.6 is 15.9 Å². The molecule has 6 heteroatoms. The Kier molecular flexibility index (Phi) is 4.85. The molecule has 1 amide bonds. The topological polar surface area (TPSA) is 64.6 Å². The molecule has 2 atom stereocenters. The van der Waals surface area contributed by atoms with E-state index in [0.29, 0.717) is 11.4 Å². The fourth-order valence-corrected chi connectivity index (χ4v) is 1.75. The van der Waals surface area contributed by atoms with Crippen molar-refractivity contribution in [3.63, 3.8) is 0 Å². The summed E-state index contributed by atoms with van der Waals surface area (Å²) in [5, 5.41) is 15.1. The van der Waals surface area contributed by atoms with Crippen molar-refractivity contribution in [1.82, 2.24) is 15.5 Å².